The van der Waals surface area contributed by atoms with Crippen molar-refractivity contribution in [2.75, 3.05) is 0 Å². The molecule has 0 aromatic heterocycles. The Balaban J connectivity index is 1.76. The molecule has 4 rings (SSSR count). The van der Waals surface area contributed by atoms with Crippen LogP contribution in [0.1, 0.15) is 39.1 Å². The Bertz CT molecular complexity index is 1300. The third-order valence-electron chi connectivity index (χ3n) is 5.40. The van der Waals surface area contributed by atoms with E-state index in [1.807, 2.05) is 0 Å². The molecule has 0 aliphatic rings. The summed E-state index contributed by atoms with van der Waals surface area (Å²) < 4.78 is 54.0. The average Bonchev–Trinajstić information content (AvgIpc) is 2.86. The highest BCUT2D eigenvalue weighted by molar-refractivity contribution is 5.94. The van der Waals surface area contributed by atoms with E-state index in [4.69, 9.17) is 0 Å². The van der Waals surface area contributed by atoms with Crippen LogP contribution in [0.15, 0.2) is 102 Å². The largest absolute Gasteiger partial charge is 0.343 e. The standard InChI is InChI=1S/C28H20F4N2O/c29-22-9-1-18(2-10-22)17-33-26(19-3-11-23(30)12-4-19)27(20-5-13-24(31)14-6-20)34-28(35)21-7-15-25(32)16-8-21/h1-17,26-27H,(H,34,35). The van der Waals surface area contributed by atoms with Gasteiger partial charge in [-0.15, -0.1) is 0 Å². The van der Waals surface area contributed by atoms with Crippen LogP contribution in [-0.2, 0) is 0 Å². The van der Waals surface area contributed by atoms with E-state index in [-0.39, 0.29) is 5.56 Å². The van der Waals surface area contributed by atoms with E-state index in [0.29, 0.717) is 16.7 Å². The van der Waals surface area contributed by atoms with Crippen LogP contribution in [-0.4, -0.2) is 12.1 Å². The van der Waals surface area contributed by atoms with Crippen molar-refractivity contribution in [3.8, 4) is 0 Å². The monoisotopic (exact) mass is 476 g/mol. The van der Waals surface area contributed by atoms with Crippen molar-refractivity contribution in [1.29, 1.82) is 0 Å². The summed E-state index contributed by atoms with van der Waals surface area (Å²) in [6, 6.07) is 20.4. The van der Waals surface area contributed by atoms with E-state index in [1.54, 1.807) is 24.3 Å². The maximum atomic E-state index is 13.7. The molecule has 0 spiro atoms. The Morgan fingerprint density at radius 3 is 1.57 bits per heavy atom. The second-order valence-corrected chi connectivity index (χ2v) is 7.84. The van der Waals surface area contributed by atoms with Crippen LogP contribution in [0.5, 0.6) is 0 Å². The quantitative estimate of drug-likeness (QED) is 0.238. The lowest BCUT2D eigenvalue weighted by atomic mass is 9.93. The van der Waals surface area contributed by atoms with Gasteiger partial charge in [-0.05, 0) is 77.4 Å². The number of nitrogens with one attached hydrogen (secondary N) is 1. The second kappa shape index (κ2) is 10.8. The first-order valence-corrected chi connectivity index (χ1v) is 10.7. The molecule has 4 aromatic carbocycles. The molecule has 4 aromatic rings. The average molecular weight is 476 g/mol. The minimum absolute atomic E-state index is 0.221. The molecule has 0 fully saturated rings. The van der Waals surface area contributed by atoms with Gasteiger partial charge < -0.3 is 5.32 Å². The zero-order valence-electron chi connectivity index (χ0n) is 18.3. The van der Waals surface area contributed by atoms with Crippen molar-refractivity contribution in [1.82, 2.24) is 5.32 Å². The Morgan fingerprint density at radius 2 is 1.06 bits per heavy atom. The Labute approximate surface area is 199 Å². The fourth-order valence-electron chi connectivity index (χ4n) is 3.58. The van der Waals surface area contributed by atoms with Crippen LogP contribution in [0, 0.1) is 23.3 Å². The van der Waals surface area contributed by atoms with Crippen molar-refractivity contribution in [2.45, 2.75) is 12.1 Å². The fraction of sp³-hybridized carbons (Fsp3) is 0.0714. The SMILES string of the molecule is O=C(NC(c1ccc(F)cc1)C(N=Cc1ccc(F)cc1)c1ccc(F)cc1)c1ccc(F)cc1. The smallest absolute Gasteiger partial charge is 0.251 e. The highest BCUT2D eigenvalue weighted by atomic mass is 19.1. The zero-order chi connectivity index (χ0) is 24.8. The summed E-state index contributed by atoms with van der Waals surface area (Å²) in [4.78, 5) is 17.7. The molecule has 35 heavy (non-hydrogen) atoms. The van der Waals surface area contributed by atoms with Crippen molar-refractivity contribution in [2.24, 2.45) is 4.99 Å². The van der Waals surface area contributed by atoms with Gasteiger partial charge in [-0.2, -0.15) is 0 Å². The van der Waals surface area contributed by atoms with Crippen LogP contribution < -0.4 is 5.32 Å². The highest BCUT2D eigenvalue weighted by Gasteiger charge is 2.27. The summed E-state index contributed by atoms with van der Waals surface area (Å²) >= 11 is 0. The lowest BCUT2D eigenvalue weighted by molar-refractivity contribution is 0.0930. The van der Waals surface area contributed by atoms with E-state index < -0.39 is 41.3 Å². The van der Waals surface area contributed by atoms with Gasteiger partial charge in [0, 0.05) is 11.8 Å². The number of hydrogen-bond acceptors (Lipinski definition) is 2. The fourth-order valence-corrected chi connectivity index (χ4v) is 3.58. The number of nitrogens with zero attached hydrogens (tertiary/aromatic N) is 1. The molecule has 2 unspecified atom stereocenters. The first-order chi connectivity index (χ1) is 16.9. The van der Waals surface area contributed by atoms with Crippen molar-refractivity contribution in [3.63, 3.8) is 0 Å². The lowest BCUT2D eigenvalue weighted by Crippen LogP contribution is -2.32. The molecule has 176 valence electrons. The summed E-state index contributed by atoms with van der Waals surface area (Å²) in [5.41, 5.74) is 1.96. The summed E-state index contributed by atoms with van der Waals surface area (Å²) in [6.45, 7) is 0. The van der Waals surface area contributed by atoms with Gasteiger partial charge in [-0.25, -0.2) is 17.6 Å². The van der Waals surface area contributed by atoms with Gasteiger partial charge in [0.05, 0.1) is 12.1 Å². The normalized spacial score (nSPS) is 12.9. The predicted molar refractivity (Wildman–Crippen MR) is 126 cm³/mol. The topological polar surface area (TPSA) is 41.5 Å². The third kappa shape index (κ3) is 6.20. The van der Waals surface area contributed by atoms with Crippen LogP contribution in [0.25, 0.3) is 0 Å². The number of rotatable bonds is 7. The van der Waals surface area contributed by atoms with Crippen molar-refractivity contribution >= 4 is 12.1 Å². The first-order valence-electron chi connectivity index (χ1n) is 10.7. The summed E-state index contributed by atoms with van der Waals surface area (Å²) in [5, 5.41) is 2.90. The molecular formula is C28H20F4N2O. The third-order valence-corrected chi connectivity index (χ3v) is 5.40. The van der Waals surface area contributed by atoms with Gasteiger partial charge in [0.2, 0.25) is 0 Å². The number of hydrogen-bond donors (Lipinski definition) is 1. The second-order valence-electron chi connectivity index (χ2n) is 7.84. The maximum absolute atomic E-state index is 13.7. The van der Waals surface area contributed by atoms with Crippen LogP contribution in [0.3, 0.4) is 0 Å². The molecule has 0 saturated carbocycles. The maximum Gasteiger partial charge on any atom is 0.251 e. The van der Waals surface area contributed by atoms with Crippen LogP contribution in [0.4, 0.5) is 17.6 Å². The van der Waals surface area contributed by atoms with Gasteiger partial charge in [0.15, 0.2) is 0 Å². The van der Waals surface area contributed by atoms with Gasteiger partial charge in [0.25, 0.3) is 5.91 Å². The van der Waals surface area contributed by atoms with E-state index >= 15 is 0 Å². The summed E-state index contributed by atoms with van der Waals surface area (Å²) in [5.74, 6) is -2.27. The number of amides is 1. The molecule has 0 bridgehead atoms. The molecule has 1 N–H and O–H groups in total. The molecule has 0 radical (unpaired) electrons. The number of carbonyl (C=O) groups is 1. The first kappa shape index (κ1) is 23.9. The minimum Gasteiger partial charge on any atom is -0.343 e. The molecule has 0 heterocycles. The summed E-state index contributed by atoms with van der Waals surface area (Å²) in [6.07, 6.45) is 1.52. The van der Waals surface area contributed by atoms with E-state index in [2.05, 4.69) is 10.3 Å². The molecule has 7 heteroatoms. The van der Waals surface area contributed by atoms with Crippen molar-refractivity contribution in [3.05, 3.63) is 143 Å². The van der Waals surface area contributed by atoms with Gasteiger partial charge >= 0.3 is 0 Å². The Hall–Kier alpha value is -4.26. The molecule has 2 atom stereocenters. The number of carbonyl (C=O) groups excluding carboxylic acids is 1. The number of benzene rings is 4. The molecular weight excluding hydrogens is 456 g/mol. The van der Waals surface area contributed by atoms with Gasteiger partial charge in [-0.1, -0.05) is 36.4 Å². The minimum atomic E-state index is -0.796. The zero-order valence-corrected chi connectivity index (χ0v) is 18.3. The van der Waals surface area contributed by atoms with Gasteiger partial charge in [-0.3, -0.25) is 9.79 Å². The lowest BCUT2D eigenvalue weighted by Gasteiger charge is -2.26. The van der Waals surface area contributed by atoms with Crippen molar-refractivity contribution < 1.29 is 22.4 Å². The van der Waals surface area contributed by atoms with Crippen LogP contribution >= 0.6 is 0 Å². The van der Waals surface area contributed by atoms with E-state index in [1.165, 1.54) is 79.0 Å². The van der Waals surface area contributed by atoms with Crippen LogP contribution in [0.2, 0.25) is 0 Å². The van der Waals surface area contributed by atoms with E-state index in [9.17, 15) is 22.4 Å². The molecule has 0 saturated heterocycles. The molecule has 0 aliphatic heterocycles. The van der Waals surface area contributed by atoms with Gasteiger partial charge in [0.1, 0.15) is 23.3 Å². The molecule has 0 aliphatic carbocycles. The Morgan fingerprint density at radius 1 is 0.629 bits per heavy atom. The summed E-state index contributed by atoms with van der Waals surface area (Å²) in [7, 11) is 0. The highest BCUT2D eigenvalue weighted by Crippen LogP contribution is 2.33. The van der Waals surface area contributed by atoms with E-state index in [0.717, 1.165) is 0 Å². The predicted octanol–water partition coefficient (Wildman–Crippen LogP) is 6.57. The number of aliphatic imine (C=N–C) groups is 1. The molecule has 1 amide bonds. The Kier molecular flexibility index (Phi) is 7.35. The number of halogens is 4. The molecule has 3 nitrogen and oxygen atoms in total.